The van der Waals surface area contributed by atoms with E-state index in [1.807, 2.05) is 36.4 Å². The first-order valence-electron chi connectivity index (χ1n) is 7.86. The summed E-state index contributed by atoms with van der Waals surface area (Å²) >= 11 is 3.41. The van der Waals surface area contributed by atoms with E-state index in [2.05, 4.69) is 54.1 Å². The van der Waals surface area contributed by atoms with E-state index in [0.29, 0.717) is 17.1 Å². The van der Waals surface area contributed by atoms with Crippen molar-refractivity contribution < 1.29 is 4.79 Å². The Labute approximate surface area is 153 Å². The molecule has 128 valence electrons. The van der Waals surface area contributed by atoms with E-state index in [4.69, 9.17) is 0 Å². The van der Waals surface area contributed by atoms with E-state index in [9.17, 15) is 4.79 Å². The van der Waals surface area contributed by atoms with Crippen LogP contribution in [0.15, 0.2) is 46.9 Å². The van der Waals surface area contributed by atoms with Crippen LogP contribution in [0.1, 0.15) is 18.9 Å². The van der Waals surface area contributed by atoms with Gasteiger partial charge in [-0.1, -0.05) is 41.4 Å². The Morgan fingerprint density at radius 1 is 1.16 bits per heavy atom. The Hall–Kier alpha value is -2.74. The van der Waals surface area contributed by atoms with Crippen molar-refractivity contribution >= 4 is 33.3 Å². The topological polar surface area (TPSA) is 95.6 Å². The molecule has 0 saturated carbocycles. The summed E-state index contributed by atoms with van der Waals surface area (Å²) in [6.45, 7) is 2.14. The largest absolute Gasteiger partial charge is 0.323 e. The summed E-state index contributed by atoms with van der Waals surface area (Å²) < 4.78 is 0.858. The molecule has 0 aliphatic heterocycles. The normalized spacial score (nSPS) is 10.5. The number of tetrazole rings is 1. The minimum absolute atomic E-state index is 0.334. The molecule has 0 aliphatic carbocycles. The van der Waals surface area contributed by atoms with Crippen molar-refractivity contribution in [2.45, 2.75) is 19.8 Å². The molecule has 8 heteroatoms. The number of rotatable bonds is 5. The number of carbonyl (C=O) groups is 1. The van der Waals surface area contributed by atoms with Crippen molar-refractivity contribution in [2.75, 3.05) is 10.6 Å². The Bertz CT molecular complexity index is 848. The molecule has 7 nitrogen and oxygen atoms in total. The minimum atomic E-state index is -0.334. The van der Waals surface area contributed by atoms with Crippen LogP contribution in [0.4, 0.5) is 16.2 Å². The second kappa shape index (κ2) is 7.89. The number of anilines is 2. The summed E-state index contributed by atoms with van der Waals surface area (Å²) in [5, 5.41) is 19.4. The van der Waals surface area contributed by atoms with E-state index in [0.717, 1.165) is 23.0 Å². The summed E-state index contributed by atoms with van der Waals surface area (Å²) in [7, 11) is 0. The fourth-order valence-corrected chi connectivity index (χ4v) is 2.78. The molecule has 2 aromatic carbocycles. The molecule has 1 aromatic heterocycles. The molecule has 25 heavy (non-hydrogen) atoms. The van der Waals surface area contributed by atoms with Crippen LogP contribution in [-0.2, 0) is 6.42 Å². The number of hydrogen-bond acceptors (Lipinski definition) is 4. The highest BCUT2D eigenvalue weighted by atomic mass is 79.9. The second-order valence-corrected chi connectivity index (χ2v) is 6.38. The van der Waals surface area contributed by atoms with Crippen LogP contribution in [0.3, 0.4) is 0 Å². The van der Waals surface area contributed by atoms with Gasteiger partial charge in [-0.15, -0.1) is 5.10 Å². The van der Waals surface area contributed by atoms with Crippen LogP contribution >= 0.6 is 15.9 Å². The molecule has 0 radical (unpaired) electrons. The van der Waals surface area contributed by atoms with E-state index >= 15 is 0 Å². The van der Waals surface area contributed by atoms with Crippen molar-refractivity contribution in [3.8, 4) is 11.4 Å². The first-order valence-corrected chi connectivity index (χ1v) is 8.65. The maximum Gasteiger partial charge on any atom is 0.323 e. The number of H-pyrrole nitrogens is 1. The molecule has 0 atom stereocenters. The lowest BCUT2D eigenvalue weighted by atomic mass is 10.1. The molecule has 0 bridgehead atoms. The zero-order valence-electron chi connectivity index (χ0n) is 13.6. The fourth-order valence-electron chi connectivity index (χ4n) is 2.42. The Balaban J connectivity index is 1.73. The highest BCUT2D eigenvalue weighted by molar-refractivity contribution is 9.10. The molecule has 3 N–H and O–H groups in total. The van der Waals surface area contributed by atoms with Gasteiger partial charge in [-0.25, -0.2) is 9.89 Å². The van der Waals surface area contributed by atoms with Crippen LogP contribution in [0.5, 0.6) is 0 Å². The molecule has 0 aliphatic rings. The number of amides is 2. The average Bonchev–Trinajstić information content (AvgIpc) is 3.13. The van der Waals surface area contributed by atoms with Gasteiger partial charge in [0.1, 0.15) is 0 Å². The molecule has 3 rings (SSSR count). The lowest BCUT2D eigenvalue weighted by Gasteiger charge is -2.11. The lowest BCUT2D eigenvalue weighted by molar-refractivity contribution is 0.262. The first kappa shape index (κ1) is 17.1. The number of aromatic nitrogens is 4. The number of hydrogen-bond donors (Lipinski definition) is 3. The van der Waals surface area contributed by atoms with Crippen LogP contribution < -0.4 is 10.6 Å². The van der Waals surface area contributed by atoms with Gasteiger partial charge >= 0.3 is 6.03 Å². The summed E-state index contributed by atoms with van der Waals surface area (Å²) in [5.74, 6) is 0.473. The predicted octanol–water partition coefficient (Wildman–Crippen LogP) is 4.23. The van der Waals surface area contributed by atoms with E-state index in [1.165, 1.54) is 5.56 Å². The number of aromatic amines is 1. The third-order valence-corrected chi connectivity index (χ3v) is 4.07. The van der Waals surface area contributed by atoms with E-state index < -0.39 is 0 Å². The summed E-state index contributed by atoms with van der Waals surface area (Å²) in [6, 6.07) is 12.9. The van der Waals surface area contributed by atoms with Crippen molar-refractivity contribution in [3.05, 3.63) is 52.5 Å². The molecular formula is C17H17BrN6O. The summed E-state index contributed by atoms with van der Waals surface area (Å²) in [6.07, 6.45) is 2.12. The van der Waals surface area contributed by atoms with Gasteiger partial charge in [-0.05, 0) is 52.7 Å². The number of nitrogens with one attached hydrogen (secondary N) is 3. The molecule has 0 unspecified atom stereocenters. The quantitative estimate of drug-likeness (QED) is 0.596. The summed E-state index contributed by atoms with van der Waals surface area (Å²) in [5.41, 5.74) is 3.27. The zero-order valence-corrected chi connectivity index (χ0v) is 15.2. The van der Waals surface area contributed by atoms with Crippen LogP contribution in [-0.4, -0.2) is 26.7 Å². The van der Waals surface area contributed by atoms with E-state index in [-0.39, 0.29) is 6.03 Å². The maximum atomic E-state index is 12.3. The van der Waals surface area contributed by atoms with Gasteiger partial charge in [0.05, 0.1) is 5.69 Å². The lowest BCUT2D eigenvalue weighted by Crippen LogP contribution is -2.20. The maximum absolute atomic E-state index is 12.3. The highest BCUT2D eigenvalue weighted by Crippen LogP contribution is 2.28. The van der Waals surface area contributed by atoms with Crippen molar-refractivity contribution in [2.24, 2.45) is 0 Å². The van der Waals surface area contributed by atoms with Gasteiger partial charge in [-0.3, -0.25) is 0 Å². The Morgan fingerprint density at radius 2 is 1.96 bits per heavy atom. The number of aryl methyl sites for hydroxylation is 1. The zero-order chi connectivity index (χ0) is 17.6. The van der Waals surface area contributed by atoms with Crippen molar-refractivity contribution in [1.82, 2.24) is 20.6 Å². The third-order valence-electron chi connectivity index (χ3n) is 3.58. The predicted molar refractivity (Wildman–Crippen MR) is 100 cm³/mol. The summed E-state index contributed by atoms with van der Waals surface area (Å²) in [4.78, 5) is 12.3. The number of benzene rings is 2. The Kier molecular flexibility index (Phi) is 5.39. The minimum Gasteiger partial charge on any atom is -0.308 e. The number of halogens is 1. The van der Waals surface area contributed by atoms with Gasteiger partial charge in [0, 0.05) is 15.7 Å². The first-order chi connectivity index (χ1) is 12.2. The Morgan fingerprint density at radius 3 is 2.64 bits per heavy atom. The van der Waals surface area contributed by atoms with Gasteiger partial charge in [0.15, 0.2) is 5.82 Å². The van der Waals surface area contributed by atoms with Gasteiger partial charge < -0.3 is 10.6 Å². The molecule has 2 amide bonds. The SMILES string of the molecule is CCCc1ccc(NC(=O)Nc2ccc(Br)cc2-c2nnn[nH]2)cc1. The number of urea groups is 1. The van der Waals surface area contributed by atoms with Crippen LogP contribution in [0.25, 0.3) is 11.4 Å². The number of nitrogens with zero attached hydrogens (tertiary/aromatic N) is 3. The van der Waals surface area contributed by atoms with E-state index in [1.54, 1.807) is 6.07 Å². The molecule has 3 aromatic rings. The van der Waals surface area contributed by atoms with Crippen molar-refractivity contribution in [1.29, 1.82) is 0 Å². The van der Waals surface area contributed by atoms with Gasteiger partial charge in [0.25, 0.3) is 0 Å². The van der Waals surface area contributed by atoms with Gasteiger partial charge in [0.2, 0.25) is 0 Å². The fraction of sp³-hybridized carbons (Fsp3) is 0.176. The number of carbonyl (C=O) groups excluding carboxylic acids is 1. The molecule has 0 saturated heterocycles. The molecule has 0 fully saturated rings. The average molecular weight is 401 g/mol. The monoisotopic (exact) mass is 400 g/mol. The molecule has 1 heterocycles. The molecule has 0 spiro atoms. The van der Waals surface area contributed by atoms with Crippen LogP contribution in [0.2, 0.25) is 0 Å². The standard InChI is InChI=1S/C17H17BrN6O/c1-2-3-11-4-7-13(8-5-11)19-17(25)20-15-9-6-12(18)10-14(15)16-21-23-24-22-16/h4-10H,2-3H2,1H3,(H2,19,20,25)(H,21,22,23,24). The van der Waals surface area contributed by atoms with Gasteiger partial charge in [-0.2, -0.15) is 0 Å². The molecular weight excluding hydrogens is 384 g/mol. The smallest absolute Gasteiger partial charge is 0.308 e. The van der Waals surface area contributed by atoms with Crippen molar-refractivity contribution in [3.63, 3.8) is 0 Å². The highest BCUT2D eigenvalue weighted by Gasteiger charge is 2.12. The second-order valence-electron chi connectivity index (χ2n) is 5.47. The van der Waals surface area contributed by atoms with Crippen LogP contribution in [0, 0.1) is 0 Å². The third kappa shape index (κ3) is 4.42.